The predicted molar refractivity (Wildman–Crippen MR) is 73.5 cm³/mol. The van der Waals surface area contributed by atoms with Crippen LogP contribution in [0.25, 0.3) is 0 Å². The van der Waals surface area contributed by atoms with E-state index in [9.17, 15) is 0 Å². The Labute approximate surface area is 104 Å². The van der Waals surface area contributed by atoms with E-state index in [0.717, 1.165) is 18.2 Å². The zero-order valence-electron chi connectivity index (χ0n) is 10.9. The Hall–Kier alpha value is -1.25. The van der Waals surface area contributed by atoms with Crippen molar-refractivity contribution < 1.29 is 0 Å². The molecule has 0 atom stereocenters. The standard InChI is InChI=1S/C14H23N3/c1-3-14(9-4-5-10-14)11-16-13-8-6-7-12(15-2)17-13/h6-8H,3-5,9-11H2,1-2H3,(H2,15,16,17). The highest BCUT2D eigenvalue weighted by atomic mass is 15.1. The minimum atomic E-state index is 0.511. The third-order valence-electron chi connectivity index (χ3n) is 4.06. The number of nitrogens with one attached hydrogen (secondary N) is 2. The molecule has 1 aromatic heterocycles. The number of rotatable bonds is 5. The number of pyridine rings is 1. The number of nitrogens with zero attached hydrogens (tertiary/aromatic N) is 1. The van der Waals surface area contributed by atoms with Crippen molar-refractivity contribution in [3.63, 3.8) is 0 Å². The highest BCUT2D eigenvalue weighted by Crippen LogP contribution is 2.40. The predicted octanol–water partition coefficient (Wildman–Crippen LogP) is 3.51. The molecular formula is C14H23N3. The summed E-state index contributed by atoms with van der Waals surface area (Å²) in [5.41, 5.74) is 0.511. The fourth-order valence-corrected chi connectivity index (χ4v) is 2.73. The summed E-state index contributed by atoms with van der Waals surface area (Å²) in [6.07, 6.45) is 6.77. The van der Waals surface area contributed by atoms with E-state index in [1.807, 2.05) is 25.2 Å². The molecule has 17 heavy (non-hydrogen) atoms. The molecule has 3 heteroatoms. The van der Waals surface area contributed by atoms with Gasteiger partial charge < -0.3 is 10.6 Å². The van der Waals surface area contributed by atoms with Crippen molar-refractivity contribution in [3.8, 4) is 0 Å². The lowest BCUT2D eigenvalue weighted by Gasteiger charge is -2.28. The van der Waals surface area contributed by atoms with E-state index in [2.05, 4.69) is 22.5 Å². The topological polar surface area (TPSA) is 37.0 Å². The van der Waals surface area contributed by atoms with Crippen molar-refractivity contribution >= 4 is 11.6 Å². The van der Waals surface area contributed by atoms with Crippen LogP contribution in [0.15, 0.2) is 18.2 Å². The number of hydrogen-bond donors (Lipinski definition) is 2. The fourth-order valence-electron chi connectivity index (χ4n) is 2.73. The van der Waals surface area contributed by atoms with Crippen LogP contribution in [0.5, 0.6) is 0 Å². The summed E-state index contributed by atoms with van der Waals surface area (Å²) >= 11 is 0. The second-order valence-corrected chi connectivity index (χ2v) is 5.07. The molecule has 0 unspecified atom stereocenters. The van der Waals surface area contributed by atoms with Crippen molar-refractivity contribution in [3.05, 3.63) is 18.2 Å². The quantitative estimate of drug-likeness (QED) is 0.817. The molecule has 0 aliphatic heterocycles. The molecular weight excluding hydrogens is 210 g/mol. The normalized spacial score (nSPS) is 18.0. The van der Waals surface area contributed by atoms with Crippen LogP contribution in [0.2, 0.25) is 0 Å². The van der Waals surface area contributed by atoms with Crippen molar-refractivity contribution in [2.45, 2.75) is 39.0 Å². The second-order valence-electron chi connectivity index (χ2n) is 5.07. The van der Waals surface area contributed by atoms with Crippen LogP contribution in [0, 0.1) is 5.41 Å². The molecule has 3 nitrogen and oxygen atoms in total. The maximum atomic E-state index is 4.50. The first-order valence-electron chi connectivity index (χ1n) is 6.67. The van der Waals surface area contributed by atoms with Gasteiger partial charge in [-0.05, 0) is 36.8 Å². The summed E-state index contributed by atoms with van der Waals surface area (Å²) in [5.74, 6) is 1.91. The van der Waals surface area contributed by atoms with Crippen LogP contribution in [0.4, 0.5) is 11.6 Å². The smallest absolute Gasteiger partial charge is 0.128 e. The van der Waals surface area contributed by atoms with Crippen LogP contribution in [-0.4, -0.2) is 18.6 Å². The van der Waals surface area contributed by atoms with Crippen LogP contribution in [0.3, 0.4) is 0 Å². The number of hydrogen-bond acceptors (Lipinski definition) is 3. The van der Waals surface area contributed by atoms with Gasteiger partial charge in [-0.2, -0.15) is 0 Å². The minimum absolute atomic E-state index is 0.511. The number of anilines is 2. The molecule has 2 N–H and O–H groups in total. The molecule has 0 spiro atoms. The second kappa shape index (κ2) is 5.39. The van der Waals surface area contributed by atoms with Crippen molar-refractivity contribution in [2.24, 2.45) is 5.41 Å². The SMILES string of the molecule is CCC1(CNc2cccc(NC)n2)CCCC1. The monoisotopic (exact) mass is 233 g/mol. The van der Waals surface area contributed by atoms with Crippen LogP contribution < -0.4 is 10.6 Å². The van der Waals surface area contributed by atoms with Gasteiger partial charge in [0, 0.05) is 13.6 Å². The molecule has 94 valence electrons. The van der Waals surface area contributed by atoms with Gasteiger partial charge in [-0.1, -0.05) is 25.8 Å². The maximum Gasteiger partial charge on any atom is 0.128 e. The first-order chi connectivity index (χ1) is 8.28. The van der Waals surface area contributed by atoms with E-state index >= 15 is 0 Å². The van der Waals surface area contributed by atoms with Gasteiger partial charge >= 0.3 is 0 Å². The van der Waals surface area contributed by atoms with Crippen LogP contribution >= 0.6 is 0 Å². The van der Waals surface area contributed by atoms with Gasteiger partial charge in [-0.3, -0.25) is 0 Å². The average Bonchev–Trinajstić information content (AvgIpc) is 2.86. The summed E-state index contributed by atoms with van der Waals surface area (Å²) in [7, 11) is 1.90. The van der Waals surface area contributed by atoms with Crippen molar-refractivity contribution in [1.82, 2.24) is 4.98 Å². The van der Waals surface area contributed by atoms with Crippen LogP contribution in [0.1, 0.15) is 39.0 Å². The molecule has 0 aromatic carbocycles. The summed E-state index contributed by atoms with van der Waals surface area (Å²) in [4.78, 5) is 4.50. The van der Waals surface area contributed by atoms with E-state index in [1.54, 1.807) is 0 Å². The first-order valence-corrected chi connectivity index (χ1v) is 6.67. The van der Waals surface area contributed by atoms with Crippen LogP contribution in [-0.2, 0) is 0 Å². The molecule has 2 rings (SSSR count). The van der Waals surface area contributed by atoms with Gasteiger partial charge in [-0.15, -0.1) is 0 Å². The third-order valence-corrected chi connectivity index (χ3v) is 4.06. The van der Waals surface area contributed by atoms with Crippen molar-refractivity contribution in [2.75, 3.05) is 24.2 Å². The third kappa shape index (κ3) is 2.90. The number of aromatic nitrogens is 1. The molecule has 1 fully saturated rings. The summed E-state index contributed by atoms with van der Waals surface area (Å²) in [6.45, 7) is 3.37. The van der Waals surface area contributed by atoms with Gasteiger partial charge in [0.15, 0.2) is 0 Å². The Bertz CT molecular complexity index is 356. The Morgan fingerprint density at radius 2 is 1.94 bits per heavy atom. The summed E-state index contributed by atoms with van der Waals surface area (Å²) < 4.78 is 0. The molecule has 1 heterocycles. The highest BCUT2D eigenvalue weighted by molar-refractivity contribution is 5.44. The molecule has 1 aliphatic carbocycles. The lowest BCUT2D eigenvalue weighted by atomic mass is 9.83. The fraction of sp³-hybridized carbons (Fsp3) is 0.643. The Balaban J connectivity index is 1.96. The largest absolute Gasteiger partial charge is 0.373 e. The van der Waals surface area contributed by atoms with Gasteiger partial charge in [0.05, 0.1) is 0 Å². The molecule has 1 saturated carbocycles. The lowest BCUT2D eigenvalue weighted by molar-refractivity contribution is 0.306. The van der Waals surface area contributed by atoms with E-state index in [4.69, 9.17) is 0 Å². The van der Waals surface area contributed by atoms with Gasteiger partial charge in [0.2, 0.25) is 0 Å². The average molecular weight is 233 g/mol. The Morgan fingerprint density at radius 1 is 1.24 bits per heavy atom. The molecule has 0 radical (unpaired) electrons. The summed E-state index contributed by atoms with van der Waals surface area (Å²) in [6, 6.07) is 6.06. The molecule has 1 aliphatic rings. The summed E-state index contributed by atoms with van der Waals surface area (Å²) in [5, 5.41) is 6.57. The highest BCUT2D eigenvalue weighted by Gasteiger charge is 2.31. The van der Waals surface area contributed by atoms with E-state index < -0.39 is 0 Å². The lowest BCUT2D eigenvalue weighted by Crippen LogP contribution is -2.26. The Morgan fingerprint density at radius 3 is 2.59 bits per heavy atom. The molecule has 1 aromatic rings. The molecule has 0 amide bonds. The van der Waals surface area contributed by atoms with Gasteiger partial charge in [0.25, 0.3) is 0 Å². The zero-order chi connectivity index (χ0) is 12.1. The Kier molecular flexibility index (Phi) is 3.87. The van der Waals surface area contributed by atoms with E-state index in [-0.39, 0.29) is 0 Å². The van der Waals surface area contributed by atoms with Gasteiger partial charge in [-0.25, -0.2) is 4.98 Å². The van der Waals surface area contributed by atoms with E-state index in [0.29, 0.717) is 5.41 Å². The zero-order valence-corrected chi connectivity index (χ0v) is 10.9. The van der Waals surface area contributed by atoms with E-state index in [1.165, 1.54) is 32.1 Å². The van der Waals surface area contributed by atoms with Gasteiger partial charge in [0.1, 0.15) is 11.6 Å². The molecule has 0 saturated heterocycles. The molecule has 0 bridgehead atoms. The van der Waals surface area contributed by atoms with Crippen molar-refractivity contribution in [1.29, 1.82) is 0 Å². The first kappa shape index (κ1) is 12.2. The minimum Gasteiger partial charge on any atom is -0.373 e. The maximum absolute atomic E-state index is 4.50.